The number of nitrogens with zero attached hydrogens (tertiary/aromatic N) is 1. The van der Waals surface area contributed by atoms with E-state index >= 15 is 0 Å². The van der Waals surface area contributed by atoms with E-state index in [2.05, 4.69) is 29.4 Å². The van der Waals surface area contributed by atoms with E-state index in [0.717, 1.165) is 37.1 Å². The molecule has 2 N–H and O–H groups in total. The summed E-state index contributed by atoms with van der Waals surface area (Å²) in [7, 11) is 2.13. The highest BCUT2D eigenvalue weighted by Crippen LogP contribution is 2.22. The molecule has 2 heterocycles. The average Bonchev–Trinajstić information content (AvgIpc) is 3.15. The highest BCUT2D eigenvalue weighted by Gasteiger charge is 2.23. The van der Waals surface area contributed by atoms with E-state index in [-0.39, 0.29) is 23.9 Å². The van der Waals surface area contributed by atoms with Gasteiger partial charge in [0.05, 0.1) is 15.3 Å². The Morgan fingerprint density at radius 2 is 1.73 bits per heavy atom. The van der Waals surface area contributed by atoms with Crippen molar-refractivity contribution in [3.63, 3.8) is 0 Å². The van der Waals surface area contributed by atoms with E-state index in [9.17, 15) is 14.7 Å². The minimum Gasteiger partial charge on any atom is -0.508 e. The molecule has 0 saturated carbocycles. The first-order valence-corrected chi connectivity index (χ1v) is 12.2. The number of carbonyl (C=O) groups excluding carboxylic acids is 2. The second-order valence-electron chi connectivity index (χ2n) is 8.55. The fourth-order valence-electron chi connectivity index (χ4n) is 4.10. The number of rotatable bonds is 7. The Morgan fingerprint density at radius 3 is 2.42 bits per heavy atom. The molecule has 5 nitrogen and oxygen atoms in total. The number of benzene rings is 2. The molecule has 1 aliphatic heterocycles. The molecule has 1 aromatic heterocycles. The molecular weight excluding hydrogens is 456 g/mol. The van der Waals surface area contributed by atoms with Crippen LogP contribution in [0.4, 0.5) is 0 Å². The molecule has 0 unspecified atom stereocenters. The first kappa shape index (κ1) is 23.5. The summed E-state index contributed by atoms with van der Waals surface area (Å²) >= 11 is 7.16. The first-order chi connectivity index (χ1) is 15.9. The van der Waals surface area contributed by atoms with E-state index in [4.69, 9.17) is 11.6 Å². The predicted octanol–water partition coefficient (Wildman–Crippen LogP) is 4.29. The number of likely N-dealkylation sites (N-methyl/N-ethyl adjacent to an activating group) is 1. The number of thiophene rings is 1. The topological polar surface area (TPSA) is 69.6 Å². The number of phenols is 1. The summed E-state index contributed by atoms with van der Waals surface area (Å²) < 4.78 is 0.525. The lowest BCUT2D eigenvalue weighted by Gasteiger charge is -2.18. The molecular formula is C26H27ClN2O3S. The second-order valence-corrected chi connectivity index (χ2v) is 10.3. The van der Waals surface area contributed by atoms with Gasteiger partial charge in [0.2, 0.25) is 0 Å². The van der Waals surface area contributed by atoms with E-state index in [1.165, 1.54) is 22.5 Å². The zero-order chi connectivity index (χ0) is 23.4. The standard InChI is InChI=1S/C26H27ClN2O3S/c1-29-12-10-19-5-2-18(14-20(19)11-13-29)16-23(31)22(15-17-3-6-21(30)7-4-17)28-26(32)24-8-9-25(27)33-24/h2-9,14,22,30H,10-13,15-16H2,1H3,(H,28,32)/t22-/m1/s1. The number of halogens is 1. The Labute approximate surface area is 203 Å². The molecule has 0 aliphatic carbocycles. The summed E-state index contributed by atoms with van der Waals surface area (Å²) in [6.07, 6.45) is 2.58. The van der Waals surface area contributed by atoms with Gasteiger partial charge < -0.3 is 15.3 Å². The van der Waals surface area contributed by atoms with Gasteiger partial charge in [-0.15, -0.1) is 11.3 Å². The maximum atomic E-state index is 13.3. The third-order valence-electron chi connectivity index (χ3n) is 6.04. The summed E-state index contributed by atoms with van der Waals surface area (Å²) in [5.74, 6) is -0.201. The lowest BCUT2D eigenvalue weighted by molar-refractivity contribution is -0.120. The smallest absolute Gasteiger partial charge is 0.261 e. The summed E-state index contributed by atoms with van der Waals surface area (Å²) in [6, 6.07) is 15.7. The summed E-state index contributed by atoms with van der Waals surface area (Å²) in [6.45, 7) is 2.05. The number of hydrogen-bond donors (Lipinski definition) is 2. The van der Waals surface area contributed by atoms with Crippen molar-refractivity contribution in [3.05, 3.63) is 86.1 Å². The predicted molar refractivity (Wildman–Crippen MR) is 132 cm³/mol. The third kappa shape index (κ3) is 6.22. The summed E-state index contributed by atoms with van der Waals surface area (Å²) in [4.78, 5) is 28.9. The van der Waals surface area contributed by atoms with Crippen LogP contribution in [0.2, 0.25) is 4.34 Å². The molecule has 2 aromatic carbocycles. The molecule has 172 valence electrons. The molecule has 0 fully saturated rings. The minimum absolute atomic E-state index is 0.0511. The number of hydrogen-bond acceptors (Lipinski definition) is 5. The molecule has 0 saturated heterocycles. The number of amides is 1. The number of fused-ring (bicyclic) bond motifs is 1. The number of carbonyl (C=O) groups is 2. The van der Waals surface area contributed by atoms with E-state index in [0.29, 0.717) is 15.6 Å². The van der Waals surface area contributed by atoms with Gasteiger partial charge in [0.25, 0.3) is 5.91 Å². The highest BCUT2D eigenvalue weighted by atomic mass is 35.5. The highest BCUT2D eigenvalue weighted by molar-refractivity contribution is 7.18. The minimum atomic E-state index is -0.687. The number of ketones is 1. The van der Waals surface area contributed by atoms with Gasteiger partial charge in [-0.25, -0.2) is 0 Å². The molecule has 3 aromatic rings. The van der Waals surface area contributed by atoms with Gasteiger partial charge in [0.15, 0.2) is 5.78 Å². The van der Waals surface area contributed by atoms with E-state index < -0.39 is 6.04 Å². The largest absolute Gasteiger partial charge is 0.508 e. The van der Waals surface area contributed by atoms with Gasteiger partial charge >= 0.3 is 0 Å². The van der Waals surface area contributed by atoms with Crippen molar-refractivity contribution >= 4 is 34.6 Å². The Bertz CT molecular complexity index is 1140. The van der Waals surface area contributed by atoms with Crippen molar-refractivity contribution in [1.82, 2.24) is 10.2 Å². The summed E-state index contributed by atoms with van der Waals surface area (Å²) in [5, 5.41) is 12.5. The third-order valence-corrected chi connectivity index (χ3v) is 7.27. The molecule has 4 rings (SSSR count). The van der Waals surface area contributed by atoms with Crippen LogP contribution in [0.3, 0.4) is 0 Å². The van der Waals surface area contributed by atoms with Crippen molar-refractivity contribution in [1.29, 1.82) is 0 Å². The lowest BCUT2D eigenvalue weighted by atomic mass is 9.94. The maximum Gasteiger partial charge on any atom is 0.261 e. The van der Waals surface area contributed by atoms with Crippen LogP contribution < -0.4 is 5.32 Å². The Kier molecular flexibility index (Phi) is 7.48. The molecule has 0 spiro atoms. The van der Waals surface area contributed by atoms with Crippen molar-refractivity contribution < 1.29 is 14.7 Å². The molecule has 1 aliphatic rings. The second kappa shape index (κ2) is 10.5. The van der Waals surface area contributed by atoms with Crippen LogP contribution in [0.5, 0.6) is 5.75 Å². The molecule has 1 amide bonds. The number of Topliss-reactive ketones (excluding diaryl/α,β-unsaturated/α-hetero) is 1. The van der Waals surface area contributed by atoms with Crippen molar-refractivity contribution in [3.8, 4) is 5.75 Å². The number of aromatic hydroxyl groups is 1. The fraction of sp³-hybridized carbons (Fsp3) is 0.308. The van der Waals surface area contributed by atoms with Gasteiger partial charge in [-0.3, -0.25) is 9.59 Å². The van der Waals surface area contributed by atoms with E-state index in [1.807, 2.05) is 6.07 Å². The quantitative estimate of drug-likeness (QED) is 0.527. The Hall–Kier alpha value is -2.67. The first-order valence-electron chi connectivity index (χ1n) is 11.0. The van der Waals surface area contributed by atoms with Crippen LogP contribution in [0.25, 0.3) is 0 Å². The van der Waals surface area contributed by atoms with Crippen LogP contribution in [0, 0.1) is 0 Å². The average molecular weight is 483 g/mol. The SMILES string of the molecule is CN1CCc2ccc(CC(=O)[C@@H](Cc3ccc(O)cc3)NC(=O)c3ccc(Cl)s3)cc2CC1. The van der Waals surface area contributed by atoms with Crippen molar-refractivity contribution in [2.24, 2.45) is 0 Å². The van der Waals surface area contributed by atoms with Crippen LogP contribution in [-0.2, 0) is 30.5 Å². The molecule has 0 bridgehead atoms. The fourth-order valence-corrected chi connectivity index (χ4v) is 5.05. The number of phenolic OH excluding ortho intramolecular Hbond substituents is 1. The lowest BCUT2D eigenvalue weighted by Crippen LogP contribution is -2.43. The van der Waals surface area contributed by atoms with Crippen LogP contribution in [-0.4, -0.2) is 47.9 Å². The Balaban J connectivity index is 1.52. The van der Waals surface area contributed by atoms with Crippen LogP contribution >= 0.6 is 22.9 Å². The molecule has 7 heteroatoms. The monoisotopic (exact) mass is 482 g/mol. The zero-order valence-corrected chi connectivity index (χ0v) is 20.1. The summed E-state index contributed by atoms with van der Waals surface area (Å²) in [5.41, 5.74) is 4.48. The van der Waals surface area contributed by atoms with Crippen molar-refractivity contribution in [2.75, 3.05) is 20.1 Å². The van der Waals surface area contributed by atoms with Crippen molar-refractivity contribution in [2.45, 2.75) is 31.7 Å². The van der Waals surface area contributed by atoms with Gasteiger partial charge in [-0.1, -0.05) is 41.9 Å². The molecule has 1 atom stereocenters. The molecule has 0 radical (unpaired) electrons. The van der Waals surface area contributed by atoms with Crippen LogP contribution in [0.15, 0.2) is 54.6 Å². The van der Waals surface area contributed by atoms with Crippen LogP contribution in [0.1, 0.15) is 31.9 Å². The zero-order valence-electron chi connectivity index (χ0n) is 18.5. The maximum absolute atomic E-state index is 13.3. The number of nitrogens with one attached hydrogen (secondary N) is 1. The van der Waals surface area contributed by atoms with Gasteiger partial charge in [0.1, 0.15) is 5.75 Å². The molecule has 33 heavy (non-hydrogen) atoms. The van der Waals surface area contributed by atoms with E-state index in [1.54, 1.807) is 36.4 Å². The van der Waals surface area contributed by atoms with Gasteiger partial charge in [-0.2, -0.15) is 0 Å². The van der Waals surface area contributed by atoms with Gasteiger partial charge in [0, 0.05) is 19.5 Å². The Morgan fingerprint density at radius 1 is 1.03 bits per heavy atom. The normalized spacial score (nSPS) is 14.8. The van der Waals surface area contributed by atoms with Gasteiger partial charge in [-0.05, 0) is 72.8 Å².